The second-order valence-electron chi connectivity index (χ2n) is 3.29. The molecule has 1 aliphatic rings. The predicted octanol–water partition coefficient (Wildman–Crippen LogP) is 1.84. The molecule has 1 N–H and O–H groups in total. The summed E-state index contributed by atoms with van der Waals surface area (Å²) in [5.41, 5.74) is 0.0310. The van der Waals surface area contributed by atoms with Crippen LogP contribution in [0.25, 0.3) is 0 Å². The van der Waals surface area contributed by atoms with E-state index in [4.69, 9.17) is 9.26 Å². The Balaban J connectivity index is 2.32. The second-order valence-corrected chi connectivity index (χ2v) is 4.38. The molecule has 0 radical (unpaired) electrons. The number of ether oxygens (including phenoxy) is 1. The summed E-state index contributed by atoms with van der Waals surface area (Å²) >= 11 is 3.36. The molecule has 2 rings (SSSR count). The van der Waals surface area contributed by atoms with Crippen LogP contribution in [0.3, 0.4) is 0 Å². The highest BCUT2D eigenvalue weighted by molar-refractivity contribution is 9.10. The van der Waals surface area contributed by atoms with Gasteiger partial charge in [0, 0.05) is 0 Å². The average molecular weight is 277 g/mol. The molecular formula is C9H10BrO3P. The highest BCUT2D eigenvalue weighted by atomic mass is 79.9. The van der Waals surface area contributed by atoms with Gasteiger partial charge in [0.2, 0.25) is 0 Å². The van der Waals surface area contributed by atoms with E-state index in [0.717, 1.165) is 15.8 Å². The van der Waals surface area contributed by atoms with Crippen molar-refractivity contribution >= 4 is 25.4 Å². The van der Waals surface area contributed by atoms with Gasteiger partial charge < -0.3 is 14.4 Å². The summed E-state index contributed by atoms with van der Waals surface area (Å²) in [7, 11) is 2.18. The highest BCUT2D eigenvalue weighted by Crippen LogP contribution is 2.34. The molecule has 14 heavy (non-hydrogen) atoms. The molecule has 0 bridgehead atoms. The molecule has 0 spiro atoms. The molecule has 1 atom stereocenters. The lowest BCUT2D eigenvalue weighted by Crippen LogP contribution is -2.46. The van der Waals surface area contributed by atoms with Gasteiger partial charge in [0.15, 0.2) is 0 Å². The van der Waals surface area contributed by atoms with Crippen molar-refractivity contribution in [2.45, 2.75) is 5.60 Å². The van der Waals surface area contributed by atoms with Crippen molar-refractivity contribution in [3.63, 3.8) is 0 Å². The fraction of sp³-hybridized carbons (Fsp3) is 0.333. The first kappa shape index (κ1) is 10.4. The number of aliphatic hydroxyl groups is 1. The van der Waals surface area contributed by atoms with Crippen LogP contribution in [0.2, 0.25) is 0 Å². The van der Waals surface area contributed by atoms with E-state index < -0.39 is 5.60 Å². The Morgan fingerprint density at radius 3 is 2.64 bits per heavy atom. The SMILES string of the molecule is OC1(c2ccc(OP)c(Br)c2)COC1. The third-order valence-electron chi connectivity index (χ3n) is 2.28. The zero-order valence-corrected chi connectivity index (χ0v) is 10.1. The maximum Gasteiger partial charge on any atom is 0.136 e. The van der Waals surface area contributed by atoms with Gasteiger partial charge in [-0.3, -0.25) is 0 Å². The van der Waals surface area contributed by atoms with Gasteiger partial charge in [-0.25, -0.2) is 0 Å². The lowest BCUT2D eigenvalue weighted by molar-refractivity contribution is -0.184. The van der Waals surface area contributed by atoms with Crippen LogP contribution in [-0.4, -0.2) is 18.3 Å². The van der Waals surface area contributed by atoms with E-state index >= 15 is 0 Å². The van der Waals surface area contributed by atoms with Crippen molar-refractivity contribution in [2.24, 2.45) is 0 Å². The van der Waals surface area contributed by atoms with E-state index in [2.05, 4.69) is 25.4 Å². The van der Waals surface area contributed by atoms with Crippen molar-refractivity contribution in [1.29, 1.82) is 0 Å². The van der Waals surface area contributed by atoms with Crippen LogP contribution in [0.1, 0.15) is 5.56 Å². The number of rotatable bonds is 2. The summed E-state index contributed by atoms with van der Waals surface area (Å²) in [5, 5.41) is 9.98. The van der Waals surface area contributed by atoms with E-state index in [1.54, 1.807) is 0 Å². The lowest BCUT2D eigenvalue weighted by atomic mass is 9.92. The molecule has 1 aromatic carbocycles. The monoisotopic (exact) mass is 276 g/mol. The third kappa shape index (κ3) is 1.68. The van der Waals surface area contributed by atoms with Crippen LogP contribution in [0, 0.1) is 0 Å². The minimum Gasteiger partial charge on any atom is -0.479 e. The fourth-order valence-electron chi connectivity index (χ4n) is 1.35. The van der Waals surface area contributed by atoms with E-state index in [-0.39, 0.29) is 0 Å². The Kier molecular flexibility index (Phi) is 2.80. The van der Waals surface area contributed by atoms with Gasteiger partial charge >= 0.3 is 0 Å². The van der Waals surface area contributed by atoms with Crippen LogP contribution in [0.15, 0.2) is 22.7 Å². The Morgan fingerprint density at radius 2 is 2.21 bits per heavy atom. The van der Waals surface area contributed by atoms with Crippen molar-refractivity contribution in [3.8, 4) is 5.75 Å². The Morgan fingerprint density at radius 1 is 1.50 bits per heavy atom. The zero-order chi connectivity index (χ0) is 10.2. The quantitative estimate of drug-likeness (QED) is 0.838. The Labute approximate surface area is 92.8 Å². The number of benzene rings is 1. The molecule has 3 nitrogen and oxygen atoms in total. The summed E-state index contributed by atoms with van der Waals surface area (Å²) in [5.74, 6) is 0.725. The van der Waals surface area contributed by atoms with E-state index in [9.17, 15) is 5.11 Å². The molecule has 1 unspecified atom stereocenters. The second kappa shape index (κ2) is 3.78. The summed E-state index contributed by atoms with van der Waals surface area (Å²) in [4.78, 5) is 0. The Bertz CT molecular complexity index is 352. The number of hydrogen-bond acceptors (Lipinski definition) is 3. The van der Waals surface area contributed by atoms with Gasteiger partial charge in [-0.05, 0) is 33.6 Å². The van der Waals surface area contributed by atoms with Gasteiger partial charge in [0.25, 0.3) is 0 Å². The van der Waals surface area contributed by atoms with Gasteiger partial charge in [-0.2, -0.15) is 0 Å². The van der Waals surface area contributed by atoms with Crippen molar-refractivity contribution < 1.29 is 14.4 Å². The molecule has 0 amide bonds. The smallest absolute Gasteiger partial charge is 0.136 e. The van der Waals surface area contributed by atoms with E-state index in [0.29, 0.717) is 13.2 Å². The Hall–Kier alpha value is -0.150. The molecule has 0 aromatic heterocycles. The van der Waals surface area contributed by atoms with Crippen molar-refractivity contribution in [2.75, 3.05) is 13.2 Å². The zero-order valence-electron chi connectivity index (χ0n) is 7.37. The molecular weight excluding hydrogens is 267 g/mol. The third-order valence-corrected chi connectivity index (χ3v) is 3.15. The maximum absolute atomic E-state index is 9.98. The molecule has 1 heterocycles. The van der Waals surface area contributed by atoms with Gasteiger partial charge in [-0.1, -0.05) is 6.07 Å². The average Bonchev–Trinajstić information content (AvgIpc) is 2.14. The number of halogens is 1. The van der Waals surface area contributed by atoms with Crippen LogP contribution >= 0.6 is 25.4 Å². The highest BCUT2D eigenvalue weighted by Gasteiger charge is 2.38. The maximum atomic E-state index is 9.98. The molecule has 1 fully saturated rings. The van der Waals surface area contributed by atoms with Crippen molar-refractivity contribution in [1.82, 2.24) is 0 Å². The predicted molar refractivity (Wildman–Crippen MR) is 59.2 cm³/mol. The standard InChI is InChI=1S/C9H10BrO3P/c10-7-3-6(1-2-8(7)13-14)9(11)4-12-5-9/h1-3,11H,4-5,14H2. The van der Waals surface area contributed by atoms with Crippen LogP contribution in [0.5, 0.6) is 5.75 Å². The van der Waals surface area contributed by atoms with Crippen LogP contribution in [-0.2, 0) is 10.3 Å². The minimum absolute atomic E-state index is 0.362. The molecule has 5 heteroatoms. The van der Waals surface area contributed by atoms with Gasteiger partial charge in [0.1, 0.15) is 11.4 Å². The van der Waals surface area contributed by atoms with E-state index in [1.807, 2.05) is 18.2 Å². The van der Waals surface area contributed by atoms with Crippen molar-refractivity contribution in [3.05, 3.63) is 28.2 Å². The minimum atomic E-state index is -0.818. The van der Waals surface area contributed by atoms with Gasteiger partial charge in [0.05, 0.1) is 27.2 Å². The summed E-state index contributed by atoms with van der Waals surface area (Å²) in [6.45, 7) is 0.723. The largest absolute Gasteiger partial charge is 0.479 e. The first-order valence-corrected chi connectivity index (χ1v) is 5.39. The molecule has 0 aliphatic carbocycles. The van der Waals surface area contributed by atoms with E-state index in [1.165, 1.54) is 0 Å². The first-order chi connectivity index (χ1) is 6.65. The molecule has 76 valence electrons. The lowest BCUT2D eigenvalue weighted by Gasteiger charge is -2.36. The van der Waals surface area contributed by atoms with Crippen LogP contribution in [0.4, 0.5) is 0 Å². The topological polar surface area (TPSA) is 38.7 Å². The van der Waals surface area contributed by atoms with Crippen LogP contribution < -0.4 is 4.52 Å². The molecule has 1 saturated heterocycles. The summed E-state index contributed by atoms with van der Waals surface area (Å²) < 4.78 is 10.8. The molecule has 1 aromatic rings. The summed E-state index contributed by atoms with van der Waals surface area (Å²) in [6.07, 6.45) is 0. The molecule has 0 saturated carbocycles. The molecule has 1 aliphatic heterocycles. The normalized spacial score (nSPS) is 18.8. The van der Waals surface area contributed by atoms with Gasteiger partial charge in [-0.15, -0.1) is 0 Å². The summed E-state index contributed by atoms with van der Waals surface area (Å²) in [6, 6.07) is 5.50. The number of hydrogen-bond donors (Lipinski definition) is 1. The fourth-order valence-corrected chi connectivity index (χ4v) is 2.20. The first-order valence-electron chi connectivity index (χ1n) is 4.12.